The minimum atomic E-state index is -1.62. The van der Waals surface area contributed by atoms with Gasteiger partial charge in [0.2, 0.25) is 0 Å². The Bertz CT molecular complexity index is 1360. The Morgan fingerprint density at radius 2 is 2.11 bits per heavy atom. The highest BCUT2D eigenvalue weighted by Crippen LogP contribution is 2.37. The van der Waals surface area contributed by atoms with Gasteiger partial charge in [-0.2, -0.15) is 5.26 Å². The lowest BCUT2D eigenvalue weighted by Crippen LogP contribution is -2.50. The number of carbonyl (C=O) groups excluding carboxylic acids is 1. The van der Waals surface area contributed by atoms with Crippen molar-refractivity contribution >= 4 is 21.7 Å². The smallest absolute Gasteiger partial charge is 0.337 e. The predicted octanol–water partition coefficient (Wildman–Crippen LogP) is 1.30. The molecule has 1 aromatic carbocycles. The normalized spacial score (nSPS) is 21.4. The summed E-state index contributed by atoms with van der Waals surface area (Å²) in [5.41, 5.74) is 5.03. The molecule has 2 aromatic heterocycles. The number of aromatic nitrogens is 4. The molecule has 0 unspecified atom stereocenters. The van der Waals surface area contributed by atoms with Gasteiger partial charge < -0.3 is 10.1 Å². The number of cyclic esters (lactones) is 1. The van der Waals surface area contributed by atoms with Gasteiger partial charge in [-0.15, -0.1) is 5.10 Å². The van der Waals surface area contributed by atoms with Gasteiger partial charge in [-0.1, -0.05) is 11.3 Å². The molecule has 2 aliphatic heterocycles. The first kappa shape index (κ1) is 23.3. The summed E-state index contributed by atoms with van der Waals surface area (Å²) in [4.78, 5) is 18.8. The zero-order valence-corrected chi connectivity index (χ0v) is 19.8. The Morgan fingerprint density at radius 1 is 1.31 bits per heavy atom. The van der Waals surface area contributed by atoms with Gasteiger partial charge >= 0.3 is 5.97 Å². The van der Waals surface area contributed by atoms with Crippen molar-refractivity contribution in [3.63, 3.8) is 0 Å². The lowest BCUT2D eigenvalue weighted by molar-refractivity contribution is 0.0444. The highest BCUT2D eigenvalue weighted by atomic mass is 16.6. The second-order valence-electron chi connectivity index (χ2n) is 9.32. The molecule has 2 aliphatic rings. The summed E-state index contributed by atoms with van der Waals surface area (Å²) in [7, 11) is 12.2. The molecule has 5 rings (SSSR count). The number of esters is 1. The fraction of sp³-hybridized carbons (Fsp3) is 0.375. The monoisotopic (exact) mass is 463 g/mol. The third kappa shape index (κ3) is 4.24. The van der Waals surface area contributed by atoms with Crippen LogP contribution in [0.15, 0.2) is 30.6 Å². The highest BCUT2D eigenvalue weighted by molar-refractivity contribution is 6.41. The van der Waals surface area contributed by atoms with Crippen LogP contribution in [0.1, 0.15) is 56.8 Å². The van der Waals surface area contributed by atoms with E-state index in [9.17, 15) is 4.79 Å². The van der Waals surface area contributed by atoms with Crippen molar-refractivity contribution in [1.82, 2.24) is 30.2 Å². The molecule has 9 nitrogen and oxygen atoms in total. The number of ether oxygens (including phenoxy) is 1. The van der Waals surface area contributed by atoms with Gasteiger partial charge in [0, 0.05) is 37.9 Å². The second-order valence-corrected chi connectivity index (χ2v) is 9.32. The first-order valence-electron chi connectivity index (χ1n) is 11.4. The molecule has 4 radical (unpaired) electrons. The Labute approximate surface area is 206 Å². The number of aryl methyl sites for hydroxylation is 1. The SMILES string of the molecule is [B]C1([B])OC(=O)c2ccc([C@@H]3CN(Cc4cn(-c5cc(C)c(C#N)cn5)nn4)C[C@H](C)N3)c(C)c21. The lowest BCUT2D eigenvalue weighted by atomic mass is 9.60. The van der Waals surface area contributed by atoms with Crippen molar-refractivity contribution in [2.24, 2.45) is 0 Å². The molecular formula is C24H23B2N7O2. The first-order chi connectivity index (χ1) is 16.7. The number of nitrogens with zero attached hydrogens (tertiary/aromatic N) is 6. The molecule has 4 heterocycles. The van der Waals surface area contributed by atoms with Crippen LogP contribution in [0.5, 0.6) is 0 Å². The standard InChI is InChI=1S/C24H23B2N7O2/c1-13-6-21(28-8-16(13)7-27)33-11-17(30-31-33)10-32-9-14(2)29-20(12-32)18-4-5-19-22(15(18)3)24(25,26)35-23(19)34/h4-6,8,11,14,20,29H,9-10,12H2,1-3H3/t14-,20-/m0/s1. The Kier molecular flexibility index (Phi) is 5.74. The summed E-state index contributed by atoms with van der Waals surface area (Å²) in [5, 5.41) is 19.7. The van der Waals surface area contributed by atoms with E-state index >= 15 is 0 Å². The molecule has 0 aliphatic carbocycles. The van der Waals surface area contributed by atoms with Crippen molar-refractivity contribution in [1.29, 1.82) is 5.26 Å². The van der Waals surface area contributed by atoms with Crippen molar-refractivity contribution in [3.05, 3.63) is 69.7 Å². The Balaban J connectivity index is 1.36. The molecule has 11 heteroatoms. The third-order valence-electron chi connectivity index (χ3n) is 6.59. The Hall–Kier alpha value is -3.48. The number of benzene rings is 1. The summed E-state index contributed by atoms with van der Waals surface area (Å²) in [5.74, 6) is 0.116. The van der Waals surface area contributed by atoms with Gasteiger partial charge in [0.1, 0.15) is 21.8 Å². The van der Waals surface area contributed by atoms with E-state index < -0.39 is 11.4 Å². The van der Waals surface area contributed by atoms with Crippen LogP contribution in [0.25, 0.3) is 5.82 Å². The summed E-state index contributed by atoms with van der Waals surface area (Å²) >= 11 is 0. The first-order valence-corrected chi connectivity index (χ1v) is 11.4. The lowest BCUT2D eigenvalue weighted by Gasteiger charge is -2.38. The molecular weight excluding hydrogens is 440 g/mol. The number of rotatable bonds is 4. The number of fused-ring (bicyclic) bond motifs is 1. The fourth-order valence-corrected chi connectivity index (χ4v) is 5.02. The maximum atomic E-state index is 12.1. The van der Waals surface area contributed by atoms with E-state index in [1.165, 1.54) is 0 Å². The molecule has 172 valence electrons. The zero-order valence-electron chi connectivity index (χ0n) is 19.8. The quantitative estimate of drug-likeness (QED) is 0.456. The van der Waals surface area contributed by atoms with Crippen molar-refractivity contribution < 1.29 is 9.53 Å². The molecule has 1 saturated heterocycles. The van der Waals surface area contributed by atoms with Crippen LogP contribution in [0.3, 0.4) is 0 Å². The van der Waals surface area contributed by atoms with E-state index in [1.807, 2.05) is 32.2 Å². The zero-order chi connectivity index (χ0) is 24.9. The van der Waals surface area contributed by atoms with Gasteiger partial charge in [0.25, 0.3) is 0 Å². The number of hydrogen-bond donors (Lipinski definition) is 1. The predicted molar refractivity (Wildman–Crippen MR) is 129 cm³/mol. The van der Waals surface area contributed by atoms with Crippen LogP contribution in [0.2, 0.25) is 0 Å². The molecule has 1 fully saturated rings. The molecule has 1 N–H and O–H groups in total. The van der Waals surface area contributed by atoms with Crippen LogP contribution in [-0.4, -0.2) is 65.7 Å². The largest absolute Gasteiger partial charge is 0.471 e. The van der Waals surface area contributed by atoms with Crippen LogP contribution in [0, 0.1) is 25.2 Å². The van der Waals surface area contributed by atoms with Crippen molar-refractivity contribution in [2.75, 3.05) is 13.1 Å². The number of carbonyl (C=O) groups is 1. The van der Waals surface area contributed by atoms with E-state index in [2.05, 4.69) is 38.5 Å². The maximum absolute atomic E-state index is 12.1. The summed E-state index contributed by atoms with van der Waals surface area (Å²) < 4.78 is 6.79. The topological polar surface area (TPSA) is 109 Å². The minimum absolute atomic E-state index is 0.00781. The number of pyridine rings is 1. The maximum Gasteiger partial charge on any atom is 0.337 e. The molecule has 0 spiro atoms. The molecule has 35 heavy (non-hydrogen) atoms. The van der Waals surface area contributed by atoms with E-state index in [1.54, 1.807) is 16.9 Å². The molecule has 0 bridgehead atoms. The second kappa shape index (κ2) is 8.63. The number of hydrogen-bond acceptors (Lipinski definition) is 8. The van der Waals surface area contributed by atoms with Crippen molar-refractivity contribution in [2.45, 2.75) is 44.8 Å². The van der Waals surface area contributed by atoms with E-state index in [0.717, 1.165) is 35.5 Å². The number of nitrogens with one attached hydrogen (secondary N) is 1. The summed E-state index contributed by atoms with van der Waals surface area (Å²) in [6.07, 6.45) is 3.40. The van der Waals surface area contributed by atoms with Gasteiger partial charge in [0.15, 0.2) is 5.82 Å². The van der Waals surface area contributed by atoms with E-state index in [4.69, 9.17) is 25.7 Å². The fourth-order valence-electron chi connectivity index (χ4n) is 5.02. The number of nitriles is 1. The van der Waals surface area contributed by atoms with E-state index in [-0.39, 0.29) is 12.1 Å². The van der Waals surface area contributed by atoms with Gasteiger partial charge in [0.05, 0.1) is 28.4 Å². The summed E-state index contributed by atoms with van der Waals surface area (Å²) in [6.45, 7) is 8.09. The van der Waals surface area contributed by atoms with E-state index in [0.29, 0.717) is 29.1 Å². The van der Waals surface area contributed by atoms with Crippen LogP contribution >= 0.6 is 0 Å². The number of piperazine rings is 1. The van der Waals surface area contributed by atoms with Crippen LogP contribution < -0.4 is 5.32 Å². The van der Waals surface area contributed by atoms with Gasteiger partial charge in [-0.05, 0) is 55.2 Å². The molecule has 2 atom stereocenters. The molecule has 0 amide bonds. The summed E-state index contributed by atoms with van der Waals surface area (Å²) in [6, 6.07) is 7.85. The van der Waals surface area contributed by atoms with Gasteiger partial charge in [-0.3, -0.25) is 4.90 Å². The Morgan fingerprint density at radius 3 is 2.86 bits per heavy atom. The van der Waals surface area contributed by atoms with Gasteiger partial charge in [-0.25, -0.2) is 14.5 Å². The molecule has 3 aromatic rings. The van der Waals surface area contributed by atoms with Crippen LogP contribution in [-0.2, 0) is 16.7 Å². The molecule has 0 saturated carbocycles. The van der Waals surface area contributed by atoms with Crippen LogP contribution in [0.4, 0.5) is 0 Å². The average molecular weight is 463 g/mol. The highest BCUT2D eigenvalue weighted by Gasteiger charge is 2.39. The minimum Gasteiger partial charge on any atom is -0.471 e. The third-order valence-corrected chi connectivity index (χ3v) is 6.59. The average Bonchev–Trinajstić information content (AvgIpc) is 3.35. The van der Waals surface area contributed by atoms with Crippen molar-refractivity contribution in [3.8, 4) is 11.9 Å².